The highest BCUT2D eigenvalue weighted by Gasteiger charge is 2.29. The smallest absolute Gasteiger partial charge is 0.0738 e. The number of nitrogens with zero attached hydrogens (tertiary/aromatic N) is 2. The van der Waals surface area contributed by atoms with Crippen LogP contribution >= 0.6 is 27.7 Å². The van der Waals surface area contributed by atoms with E-state index in [-0.39, 0.29) is 0 Å². The number of thioether (sulfide) groups is 1. The molecule has 5 heteroatoms. The molecule has 3 rings (SSSR count). The highest BCUT2D eigenvalue weighted by molar-refractivity contribution is 9.10. The van der Waals surface area contributed by atoms with Crippen molar-refractivity contribution in [3.63, 3.8) is 0 Å². The maximum Gasteiger partial charge on any atom is 0.0738 e. The lowest BCUT2D eigenvalue weighted by Gasteiger charge is -2.22. The summed E-state index contributed by atoms with van der Waals surface area (Å²) in [6.45, 7) is 2.04. The van der Waals surface area contributed by atoms with E-state index in [1.54, 1.807) is 0 Å². The van der Waals surface area contributed by atoms with Crippen LogP contribution in [-0.2, 0) is 19.9 Å². The normalized spacial score (nSPS) is 18.8. The Labute approximate surface area is 138 Å². The first kappa shape index (κ1) is 15.1. The minimum Gasteiger partial charge on any atom is -0.315 e. The van der Waals surface area contributed by atoms with Crippen molar-refractivity contribution in [2.75, 3.05) is 7.05 Å². The molecule has 0 spiro atoms. The van der Waals surface area contributed by atoms with Crippen molar-refractivity contribution in [3.8, 4) is 0 Å². The van der Waals surface area contributed by atoms with Crippen LogP contribution in [0.3, 0.4) is 0 Å². The molecule has 0 radical (unpaired) electrons. The summed E-state index contributed by atoms with van der Waals surface area (Å²) in [4.78, 5) is 1.43. The molecule has 2 heterocycles. The van der Waals surface area contributed by atoms with Gasteiger partial charge in [-0.05, 0) is 48.0 Å². The van der Waals surface area contributed by atoms with Gasteiger partial charge in [0.2, 0.25) is 0 Å². The van der Waals surface area contributed by atoms with Crippen molar-refractivity contribution in [2.24, 2.45) is 7.05 Å². The highest BCUT2D eigenvalue weighted by atomic mass is 79.9. The summed E-state index contributed by atoms with van der Waals surface area (Å²) in [5.41, 5.74) is 3.81. The summed E-state index contributed by atoms with van der Waals surface area (Å²) < 4.78 is 3.14. The zero-order valence-corrected chi connectivity index (χ0v) is 15.0. The zero-order valence-electron chi connectivity index (χ0n) is 12.6. The molecular formula is C16H20BrN3S. The first-order valence-electron chi connectivity index (χ1n) is 7.20. The predicted molar refractivity (Wildman–Crippen MR) is 92.0 cm³/mol. The number of hydrogen-bond acceptors (Lipinski definition) is 3. The van der Waals surface area contributed by atoms with Crippen molar-refractivity contribution in [3.05, 3.63) is 45.7 Å². The fraction of sp³-hybridized carbons (Fsp3) is 0.438. The number of hydrogen-bond donors (Lipinski definition) is 1. The van der Waals surface area contributed by atoms with Crippen LogP contribution < -0.4 is 5.32 Å². The average molecular weight is 366 g/mol. The number of halogens is 1. The Morgan fingerprint density at radius 1 is 1.48 bits per heavy atom. The molecule has 2 unspecified atom stereocenters. The second-order valence-electron chi connectivity index (χ2n) is 5.54. The Morgan fingerprint density at radius 3 is 2.86 bits per heavy atom. The first-order chi connectivity index (χ1) is 10.1. The van der Waals surface area contributed by atoms with Crippen molar-refractivity contribution in [1.82, 2.24) is 15.1 Å². The lowest BCUT2D eigenvalue weighted by Crippen LogP contribution is -2.38. The maximum absolute atomic E-state index is 4.50. The number of likely N-dealkylation sites (N-methyl/N-ethyl adjacent to an activating group) is 1. The lowest BCUT2D eigenvalue weighted by atomic mass is 10.0. The molecule has 0 saturated heterocycles. The summed E-state index contributed by atoms with van der Waals surface area (Å²) >= 11 is 5.68. The van der Waals surface area contributed by atoms with Gasteiger partial charge < -0.3 is 5.32 Å². The van der Waals surface area contributed by atoms with Crippen LogP contribution in [-0.4, -0.2) is 28.1 Å². The minimum atomic E-state index is 0.438. The third-order valence-corrected chi connectivity index (χ3v) is 6.65. The fourth-order valence-electron chi connectivity index (χ4n) is 2.96. The molecule has 2 aromatic rings. The molecule has 0 bridgehead atoms. The molecule has 112 valence electrons. The van der Waals surface area contributed by atoms with Crippen molar-refractivity contribution in [2.45, 2.75) is 36.0 Å². The van der Waals surface area contributed by atoms with Gasteiger partial charge in [-0.2, -0.15) is 5.10 Å². The molecule has 2 atom stereocenters. The van der Waals surface area contributed by atoms with Crippen LogP contribution in [0.5, 0.6) is 0 Å². The van der Waals surface area contributed by atoms with Gasteiger partial charge >= 0.3 is 0 Å². The van der Waals surface area contributed by atoms with Gasteiger partial charge in [-0.25, -0.2) is 0 Å². The largest absolute Gasteiger partial charge is 0.315 e. The molecule has 21 heavy (non-hydrogen) atoms. The Kier molecular flexibility index (Phi) is 4.43. The van der Waals surface area contributed by atoms with E-state index < -0.39 is 0 Å². The number of aryl methyl sites for hydroxylation is 2. The van der Waals surface area contributed by atoms with E-state index in [9.17, 15) is 0 Å². The maximum atomic E-state index is 4.50. The SMILES string of the molecule is CNC(Cc1c(Br)c(C)nn1C)C1Cc2ccccc2S1. The van der Waals surface area contributed by atoms with Gasteiger partial charge in [-0.15, -0.1) is 11.8 Å². The first-order valence-corrected chi connectivity index (χ1v) is 8.87. The predicted octanol–water partition coefficient (Wildman–Crippen LogP) is 3.34. The van der Waals surface area contributed by atoms with E-state index in [1.165, 1.54) is 16.2 Å². The average Bonchev–Trinajstić information content (AvgIpc) is 3.00. The van der Waals surface area contributed by atoms with E-state index in [0.29, 0.717) is 11.3 Å². The third kappa shape index (κ3) is 2.91. The summed E-state index contributed by atoms with van der Waals surface area (Å²) in [6, 6.07) is 9.19. The summed E-state index contributed by atoms with van der Waals surface area (Å²) in [6.07, 6.45) is 2.13. The van der Waals surface area contributed by atoms with Crippen molar-refractivity contribution < 1.29 is 0 Å². The molecule has 0 amide bonds. The van der Waals surface area contributed by atoms with Gasteiger partial charge in [-0.1, -0.05) is 18.2 Å². The second kappa shape index (κ2) is 6.15. The Bertz CT molecular complexity index is 628. The third-order valence-electron chi connectivity index (χ3n) is 4.17. The topological polar surface area (TPSA) is 29.9 Å². The Hall–Kier alpha value is -0.780. The monoisotopic (exact) mass is 365 g/mol. The van der Waals surface area contributed by atoms with Gasteiger partial charge in [0.1, 0.15) is 0 Å². The van der Waals surface area contributed by atoms with Gasteiger partial charge in [0.15, 0.2) is 0 Å². The van der Waals surface area contributed by atoms with Crippen LogP contribution in [0.1, 0.15) is 17.0 Å². The zero-order chi connectivity index (χ0) is 15.0. The molecule has 0 saturated carbocycles. The van der Waals surface area contributed by atoms with Gasteiger partial charge in [0, 0.05) is 29.7 Å². The minimum absolute atomic E-state index is 0.438. The van der Waals surface area contributed by atoms with Crippen molar-refractivity contribution in [1.29, 1.82) is 0 Å². The summed E-state index contributed by atoms with van der Waals surface area (Å²) in [5.74, 6) is 0. The van der Waals surface area contributed by atoms with Crippen molar-refractivity contribution >= 4 is 27.7 Å². The molecular weight excluding hydrogens is 346 g/mol. The molecule has 1 aliphatic rings. The van der Waals surface area contributed by atoms with Crippen LogP contribution in [0.25, 0.3) is 0 Å². The van der Waals surface area contributed by atoms with Gasteiger partial charge in [0.25, 0.3) is 0 Å². The molecule has 1 aromatic heterocycles. The van der Waals surface area contributed by atoms with Gasteiger partial charge in [0.05, 0.1) is 15.9 Å². The van der Waals surface area contributed by atoms with E-state index in [2.05, 4.69) is 57.7 Å². The molecule has 1 N–H and O–H groups in total. The number of fused-ring (bicyclic) bond motifs is 1. The Morgan fingerprint density at radius 2 is 2.24 bits per heavy atom. The molecule has 1 aromatic carbocycles. The van der Waals surface area contributed by atoms with E-state index in [1.807, 2.05) is 30.4 Å². The molecule has 1 aliphatic heterocycles. The van der Waals surface area contributed by atoms with Crippen LogP contribution in [0.15, 0.2) is 33.6 Å². The standard InChI is InChI=1S/C16H20BrN3S/c1-10-16(17)13(20(3)19-10)9-12(18-2)15-8-11-6-4-5-7-14(11)21-15/h4-7,12,15,18H,8-9H2,1-3H3. The molecule has 3 nitrogen and oxygen atoms in total. The summed E-state index contributed by atoms with van der Waals surface area (Å²) in [7, 11) is 4.09. The molecule has 0 fully saturated rings. The van der Waals surface area contributed by atoms with Crippen LogP contribution in [0.2, 0.25) is 0 Å². The Balaban J connectivity index is 1.78. The lowest BCUT2D eigenvalue weighted by molar-refractivity contribution is 0.517. The van der Waals surface area contributed by atoms with E-state index in [0.717, 1.165) is 23.0 Å². The second-order valence-corrected chi connectivity index (χ2v) is 7.61. The number of nitrogens with one attached hydrogen (secondary N) is 1. The number of rotatable bonds is 4. The van der Waals surface area contributed by atoms with Gasteiger partial charge in [-0.3, -0.25) is 4.68 Å². The van der Waals surface area contributed by atoms with E-state index >= 15 is 0 Å². The number of aromatic nitrogens is 2. The quantitative estimate of drug-likeness (QED) is 0.900. The fourth-order valence-corrected chi connectivity index (χ4v) is 4.91. The highest BCUT2D eigenvalue weighted by Crippen LogP contribution is 2.39. The summed E-state index contributed by atoms with van der Waals surface area (Å²) in [5, 5.41) is 8.59. The van der Waals surface area contributed by atoms with E-state index in [4.69, 9.17) is 0 Å². The number of benzene rings is 1. The molecule has 0 aliphatic carbocycles. The van der Waals surface area contributed by atoms with Crippen LogP contribution in [0, 0.1) is 6.92 Å². The van der Waals surface area contributed by atoms with Crippen LogP contribution in [0.4, 0.5) is 0 Å².